The van der Waals surface area contributed by atoms with Crippen molar-refractivity contribution in [2.45, 2.75) is 25.3 Å². The number of nitrogens with zero attached hydrogens (tertiary/aromatic N) is 1. The maximum Gasteiger partial charge on any atom is 0.272 e. The molecule has 23 heavy (non-hydrogen) atoms. The number of ether oxygens (including phenoxy) is 1. The Morgan fingerprint density at radius 3 is 2.65 bits per heavy atom. The Morgan fingerprint density at radius 1 is 1.30 bits per heavy atom. The van der Waals surface area contributed by atoms with Gasteiger partial charge in [0.2, 0.25) is 0 Å². The first-order chi connectivity index (χ1) is 11.0. The fourth-order valence-electron chi connectivity index (χ4n) is 2.87. The Balaban J connectivity index is 1.95. The Kier molecular flexibility index (Phi) is 4.12. The molecule has 1 fully saturated rings. The average Bonchev–Trinajstić information content (AvgIpc) is 2.94. The molecule has 7 heteroatoms. The molecule has 1 saturated heterocycles. The zero-order valence-electron chi connectivity index (χ0n) is 12.7. The molecule has 0 bridgehead atoms. The molecule has 2 aromatic rings. The van der Waals surface area contributed by atoms with Crippen molar-refractivity contribution in [1.82, 2.24) is 15.5 Å². The van der Waals surface area contributed by atoms with E-state index in [1.165, 1.54) is 12.1 Å². The van der Waals surface area contributed by atoms with Crippen molar-refractivity contribution in [1.29, 1.82) is 0 Å². The maximum absolute atomic E-state index is 14.3. The summed E-state index contributed by atoms with van der Waals surface area (Å²) in [5, 5.41) is 9.49. The Morgan fingerprint density at radius 2 is 2.04 bits per heavy atom. The lowest BCUT2D eigenvalue weighted by molar-refractivity contribution is 0.0331. The zero-order chi connectivity index (χ0) is 16.4. The van der Waals surface area contributed by atoms with Gasteiger partial charge >= 0.3 is 0 Å². The number of benzene rings is 1. The van der Waals surface area contributed by atoms with Gasteiger partial charge in [0.05, 0.1) is 5.54 Å². The fraction of sp³-hybridized carbons (Fsp3) is 0.375. The first-order valence-corrected chi connectivity index (χ1v) is 7.38. The quantitative estimate of drug-likeness (QED) is 0.912. The van der Waals surface area contributed by atoms with E-state index in [0.717, 1.165) is 11.8 Å². The van der Waals surface area contributed by atoms with E-state index in [1.807, 2.05) is 0 Å². The highest BCUT2D eigenvalue weighted by atomic mass is 19.1. The molecule has 0 radical (unpaired) electrons. The van der Waals surface area contributed by atoms with Gasteiger partial charge in [0.25, 0.3) is 5.91 Å². The van der Waals surface area contributed by atoms with Crippen LogP contribution in [0.4, 0.5) is 8.78 Å². The zero-order valence-corrected chi connectivity index (χ0v) is 12.7. The largest absolute Gasteiger partial charge is 0.381 e. The van der Waals surface area contributed by atoms with E-state index in [0.29, 0.717) is 26.1 Å². The van der Waals surface area contributed by atoms with E-state index >= 15 is 0 Å². The highest BCUT2D eigenvalue weighted by molar-refractivity contribution is 5.93. The van der Waals surface area contributed by atoms with Gasteiger partial charge in [-0.15, -0.1) is 0 Å². The summed E-state index contributed by atoms with van der Waals surface area (Å²) in [5.41, 5.74) is 0.322. The van der Waals surface area contributed by atoms with Crippen LogP contribution in [0.2, 0.25) is 0 Å². The third kappa shape index (κ3) is 3.10. The van der Waals surface area contributed by atoms with Crippen LogP contribution in [0, 0.1) is 18.6 Å². The molecule has 1 aromatic heterocycles. The van der Waals surface area contributed by atoms with Gasteiger partial charge in [-0.25, -0.2) is 8.78 Å². The Bertz CT molecular complexity index is 724. The maximum atomic E-state index is 14.3. The number of rotatable bonds is 3. The van der Waals surface area contributed by atoms with Gasteiger partial charge in [0.1, 0.15) is 17.3 Å². The van der Waals surface area contributed by atoms with Gasteiger partial charge < -0.3 is 10.1 Å². The Labute approximate surface area is 132 Å². The van der Waals surface area contributed by atoms with Crippen LogP contribution >= 0.6 is 0 Å². The fourth-order valence-corrected chi connectivity index (χ4v) is 2.87. The standard InChI is InChI=1S/C16H17F2N3O2/c1-10-8-14(21-20-10)15(22)19-16(4-6-23-7-5-16)12-3-2-11(17)9-13(12)18/h2-3,8-9H,4-7H2,1H3,(H,19,22)(H,20,21). The molecule has 1 aromatic carbocycles. The first-order valence-electron chi connectivity index (χ1n) is 7.38. The molecule has 3 rings (SSSR count). The minimum absolute atomic E-state index is 0.232. The third-order valence-corrected chi connectivity index (χ3v) is 4.08. The molecule has 0 saturated carbocycles. The lowest BCUT2D eigenvalue weighted by Crippen LogP contribution is -2.50. The summed E-state index contributed by atoms with van der Waals surface area (Å²) in [4.78, 5) is 12.5. The van der Waals surface area contributed by atoms with Gasteiger partial charge in [-0.3, -0.25) is 9.89 Å². The summed E-state index contributed by atoms with van der Waals surface area (Å²) in [6.45, 7) is 2.56. The highest BCUT2D eigenvalue weighted by Gasteiger charge is 2.38. The van der Waals surface area contributed by atoms with Crippen LogP contribution in [0.15, 0.2) is 24.3 Å². The number of hydrogen-bond donors (Lipinski definition) is 2. The molecule has 0 aliphatic carbocycles. The molecule has 5 nitrogen and oxygen atoms in total. The van der Waals surface area contributed by atoms with Gasteiger partial charge in [0.15, 0.2) is 0 Å². The van der Waals surface area contributed by atoms with Crippen LogP contribution in [-0.4, -0.2) is 29.3 Å². The smallest absolute Gasteiger partial charge is 0.272 e. The summed E-state index contributed by atoms with van der Waals surface area (Å²) >= 11 is 0. The number of amides is 1. The van der Waals surface area contributed by atoms with Crippen molar-refractivity contribution in [3.05, 3.63) is 52.9 Å². The second-order valence-electron chi connectivity index (χ2n) is 5.71. The SMILES string of the molecule is Cc1cc(C(=O)NC2(c3ccc(F)cc3F)CCOCC2)n[nH]1. The summed E-state index contributed by atoms with van der Waals surface area (Å²) < 4.78 is 32.8. The van der Waals surface area contributed by atoms with E-state index in [4.69, 9.17) is 4.74 Å². The highest BCUT2D eigenvalue weighted by Crippen LogP contribution is 2.34. The normalized spacial score (nSPS) is 17.0. The number of aromatic amines is 1. The van der Waals surface area contributed by atoms with Crippen molar-refractivity contribution >= 4 is 5.91 Å². The first kappa shape index (κ1) is 15.6. The minimum atomic E-state index is -0.931. The number of hydrogen-bond acceptors (Lipinski definition) is 3. The number of carbonyl (C=O) groups is 1. The Hall–Kier alpha value is -2.28. The number of H-pyrrole nitrogens is 1. The minimum Gasteiger partial charge on any atom is -0.381 e. The predicted molar refractivity (Wildman–Crippen MR) is 78.9 cm³/mol. The van der Waals surface area contributed by atoms with Crippen LogP contribution in [-0.2, 0) is 10.3 Å². The van der Waals surface area contributed by atoms with Crippen molar-refractivity contribution < 1.29 is 18.3 Å². The van der Waals surface area contributed by atoms with Crippen molar-refractivity contribution in [2.24, 2.45) is 0 Å². The van der Waals surface area contributed by atoms with Gasteiger partial charge in [-0.05, 0) is 31.9 Å². The summed E-state index contributed by atoms with van der Waals surface area (Å²) in [5.74, 6) is -1.73. The molecule has 122 valence electrons. The van der Waals surface area contributed by atoms with Crippen LogP contribution in [0.25, 0.3) is 0 Å². The number of halogens is 2. The van der Waals surface area contributed by atoms with E-state index < -0.39 is 23.1 Å². The molecule has 0 spiro atoms. The van der Waals surface area contributed by atoms with Crippen LogP contribution in [0.1, 0.15) is 34.6 Å². The van der Waals surface area contributed by atoms with Gasteiger partial charge in [-0.1, -0.05) is 6.07 Å². The molecular weight excluding hydrogens is 304 g/mol. The molecule has 1 aliphatic rings. The number of aryl methyl sites for hydroxylation is 1. The number of aromatic nitrogens is 2. The second-order valence-corrected chi connectivity index (χ2v) is 5.71. The molecule has 1 amide bonds. The molecule has 2 heterocycles. The van der Waals surface area contributed by atoms with E-state index in [2.05, 4.69) is 15.5 Å². The molecule has 1 aliphatic heterocycles. The summed E-state index contributed by atoms with van der Waals surface area (Å²) in [6, 6.07) is 5.02. The molecule has 2 N–H and O–H groups in total. The lowest BCUT2D eigenvalue weighted by atomic mass is 9.82. The average molecular weight is 321 g/mol. The number of carbonyl (C=O) groups excluding carboxylic acids is 1. The van der Waals surface area contributed by atoms with Crippen molar-refractivity contribution in [3.8, 4) is 0 Å². The third-order valence-electron chi connectivity index (χ3n) is 4.08. The van der Waals surface area contributed by atoms with Crippen molar-refractivity contribution in [2.75, 3.05) is 13.2 Å². The van der Waals surface area contributed by atoms with Gasteiger partial charge in [-0.2, -0.15) is 5.10 Å². The predicted octanol–water partition coefficient (Wildman–Crippen LogP) is 2.43. The summed E-state index contributed by atoms with van der Waals surface area (Å²) in [6.07, 6.45) is 0.815. The molecular formula is C16H17F2N3O2. The van der Waals surface area contributed by atoms with Crippen LogP contribution in [0.3, 0.4) is 0 Å². The van der Waals surface area contributed by atoms with Crippen LogP contribution < -0.4 is 5.32 Å². The number of nitrogens with one attached hydrogen (secondary N) is 2. The topological polar surface area (TPSA) is 67.0 Å². The second kappa shape index (κ2) is 6.08. The van der Waals surface area contributed by atoms with Gasteiger partial charge in [0, 0.05) is 30.5 Å². The summed E-state index contributed by atoms with van der Waals surface area (Å²) in [7, 11) is 0. The van der Waals surface area contributed by atoms with Crippen molar-refractivity contribution in [3.63, 3.8) is 0 Å². The van der Waals surface area contributed by atoms with E-state index in [9.17, 15) is 13.6 Å². The van der Waals surface area contributed by atoms with E-state index in [1.54, 1.807) is 13.0 Å². The molecule has 0 atom stereocenters. The monoisotopic (exact) mass is 321 g/mol. The van der Waals surface area contributed by atoms with Crippen LogP contribution in [0.5, 0.6) is 0 Å². The van der Waals surface area contributed by atoms with E-state index in [-0.39, 0.29) is 11.3 Å². The molecule has 0 unspecified atom stereocenters. The lowest BCUT2D eigenvalue weighted by Gasteiger charge is -2.38.